The van der Waals surface area contributed by atoms with E-state index in [1.54, 1.807) is 0 Å². The van der Waals surface area contributed by atoms with Gasteiger partial charge in [0.2, 0.25) is 0 Å². The van der Waals surface area contributed by atoms with Crippen molar-refractivity contribution in [1.29, 1.82) is 5.26 Å². The lowest BCUT2D eigenvalue weighted by Gasteiger charge is -2.19. The van der Waals surface area contributed by atoms with Crippen LogP contribution >= 0.6 is 0 Å². The van der Waals surface area contributed by atoms with Crippen molar-refractivity contribution in [3.8, 4) is 11.8 Å². The van der Waals surface area contributed by atoms with Crippen LogP contribution in [-0.4, -0.2) is 42.2 Å². The number of nitrogens with zero attached hydrogens (tertiary/aromatic N) is 7. The Morgan fingerprint density at radius 3 is 2.64 bits per heavy atom. The van der Waals surface area contributed by atoms with Gasteiger partial charge >= 0.3 is 6.18 Å². The Morgan fingerprint density at radius 2 is 1.92 bits per heavy atom. The molecule has 0 unspecified atom stereocenters. The largest absolute Gasteiger partial charge is 0.434 e. The van der Waals surface area contributed by atoms with E-state index in [1.165, 1.54) is 41.5 Å². The number of alkyl halides is 3. The minimum atomic E-state index is -4.98. The van der Waals surface area contributed by atoms with Crippen molar-refractivity contribution in [1.82, 2.24) is 40.4 Å². The molecule has 10 nitrogen and oxygen atoms in total. The summed E-state index contributed by atoms with van der Waals surface area (Å²) in [7, 11) is 0. The van der Waals surface area contributed by atoms with E-state index in [-0.39, 0.29) is 40.2 Å². The van der Waals surface area contributed by atoms with Crippen LogP contribution in [0.15, 0.2) is 66.4 Å². The number of hydrogen-bond acceptors (Lipinski definition) is 7. The molecule has 0 spiro atoms. The molecule has 0 radical (unpaired) electrons. The Hall–Kier alpha value is -5.06. The van der Waals surface area contributed by atoms with E-state index in [0.29, 0.717) is 4.68 Å². The third-order valence-electron chi connectivity index (χ3n) is 5.24. The number of pyridine rings is 1. The highest BCUT2D eigenvalue weighted by atomic mass is 19.4. The molecule has 0 bridgehead atoms. The molecule has 4 aromatic rings. The topological polar surface area (TPSA) is 126 Å². The lowest BCUT2D eigenvalue weighted by atomic mass is 10.1. The number of dihydropyridines is 1. The monoisotopic (exact) mass is 495 g/mol. The van der Waals surface area contributed by atoms with Crippen molar-refractivity contribution >= 4 is 22.6 Å². The molecular weight excluding hydrogens is 482 g/mol. The van der Waals surface area contributed by atoms with Gasteiger partial charge in [0.15, 0.2) is 11.5 Å². The van der Waals surface area contributed by atoms with Gasteiger partial charge in [-0.15, -0.1) is 4.80 Å². The number of rotatable bonds is 4. The molecule has 2 N–H and O–H groups in total. The molecule has 1 amide bonds. The van der Waals surface area contributed by atoms with E-state index in [9.17, 15) is 27.6 Å². The number of para-hydroxylation sites is 1. The Balaban J connectivity index is 1.53. The maximum absolute atomic E-state index is 14.2. The van der Waals surface area contributed by atoms with Crippen molar-refractivity contribution < 1.29 is 22.4 Å². The lowest BCUT2D eigenvalue weighted by molar-refractivity contribution is -0.143. The van der Waals surface area contributed by atoms with Crippen LogP contribution in [0.3, 0.4) is 0 Å². The summed E-state index contributed by atoms with van der Waals surface area (Å²) < 4.78 is 57.1. The Labute approximate surface area is 199 Å². The van der Waals surface area contributed by atoms with Gasteiger partial charge in [-0.1, -0.05) is 12.1 Å². The molecule has 1 aromatic carbocycles. The predicted octanol–water partition coefficient (Wildman–Crippen LogP) is 2.78. The highest BCUT2D eigenvalue weighted by molar-refractivity contribution is 5.97. The fourth-order valence-corrected chi connectivity index (χ4v) is 3.74. The molecule has 3 aromatic heterocycles. The van der Waals surface area contributed by atoms with Gasteiger partial charge in [-0.05, 0) is 18.2 Å². The first kappa shape index (κ1) is 22.7. The van der Waals surface area contributed by atoms with Crippen molar-refractivity contribution in [3.05, 3.63) is 83.5 Å². The molecule has 5 rings (SSSR count). The van der Waals surface area contributed by atoms with Crippen molar-refractivity contribution in [2.24, 2.45) is 0 Å². The van der Waals surface area contributed by atoms with Crippen LogP contribution in [0, 0.1) is 17.1 Å². The lowest BCUT2D eigenvalue weighted by Crippen LogP contribution is -2.34. The van der Waals surface area contributed by atoms with Gasteiger partial charge < -0.3 is 10.6 Å². The molecule has 1 aliphatic heterocycles. The maximum atomic E-state index is 14.2. The fraction of sp³-hybridized carbons (Fsp3) is 0.0909. The molecule has 0 saturated heterocycles. The van der Waals surface area contributed by atoms with Crippen LogP contribution in [0.5, 0.6) is 0 Å². The van der Waals surface area contributed by atoms with Crippen molar-refractivity contribution in [2.45, 2.75) is 6.18 Å². The average Bonchev–Trinajstić information content (AvgIpc) is 3.54. The second kappa shape index (κ2) is 8.62. The number of aromatic nitrogens is 6. The van der Waals surface area contributed by atoms with Gasteiger partial charge in [0.1, 0.15) is 17.4 Å². The number of fused-ring (bicyclic) bond motifs is 1. The third-order valence-corrected chi connectivity index (χ3v) is 5.24. The summed E-state index contributed by atoms with van der Waals surface area (Å²) in [4.78, 5) is 18.0. The minimum Gasteiger partial charge on any atom is -0.362 e. The van der Waals surface area contributed by atoms with E-state index >= 15 is 0 Å². The Bertz CT molecular complexity index is 1590. The second-order valence-corrected chi connectivity index (χ2v) is 7.45. The van der Waals surface area contributed by atoms with Crippen LogP contribution in [0.2, 0.25) is 0 Å². The summed E-state index contributed by atoms with van der Waals surface area (Å²) in [6.45, 7) is -0.0163. The maximum Gasteiger partial charge on any atom is 0.434 e. The van der Waals surface area contributed by atoms with Crippen LogP contribution in [0.25, 0.3) is 22.4 Å². The standard InChI is InChI=1S/C22H13F4N9O/c23-16-3-1-2-14-17(4-5-28-18(14)16)34-19(22(24,25)26)15(11-32-34)21(36)33-13-8-12(9-27)20(29-10-13)35-30-6-7-31-35/h1-8,11,29H,10H2,(H,33,36). The fourth-order valence-electron chi connectivity index (χ4n) is 3.74. The number of hydrogen-bond donors (Lipinski definition) is 2. The third kappa shape index (κ3) is 3.92. The minimum absolute atomic E-state index is 0.0163. The van der Waals surface area contributed by atoms with Crippen LogP contribution in [-0.2, 0) is 6.18 Å². The van der Waals surface area contributed by atoms with Gasteiger partial charge in [-0.25, -0.2) is 9.07 Å². The number of nitriles is 1. The number of benzene rings is 1. The number of carbonyl (C=O) groups is 1. The Kier molecular flexibility index (Phi) is 5.44. The second-order valence-electron chi connectivity index (χ2n) is 7.45. The number of halogens is 4. The van der Waals surface area contributed by atoms with Crippen molar-refractivity contribution in [2.75, 3.05) is 6.54 Å². The van der Waals surface area contributed by atoms with Crippen molar-refractivity contribution in [3.63, 3.8) is 0 Å². The van der Waals surface area contributed by atoms with Gasteiger partial charge in [-0.3, -0.25) is 9.78 Å². The molecule has 0 fully saturated rings. The van der Waals surface area contributed by atoms with E-state index in [4.69, 9.17) is 0 Å². The zero-order valence-corrected chi connectivity index (χ0v) is 18.0. The van der Waals surface area contributed by atoms with Crippen LogP contribution in [0.4, 0.5) is 17.6 Å². The molecule has 0 aliphatic carbocycles. The Morgan fingerprint density at radius 1 is 1.14 bits per heavy atom. The zero-order valence-electron chi connectivity index (χ0n) is 18.0. The molecule has 36 heavy (non-hydrogen) atoms. The molecular formula is C22H13F4N9O. The quantitative estimate of drug-likeness (QED) is 0.417. The molecule has 180 valence electrons. The molecule has 0 saturated carbocycles. The number of amides is 1. The van der Waals surface area contributed by atoms with Crippen LogP contribution in [0.1, 0.15) is 16.1 Å². The SMILES string of the molecule is N#CC1=C(n2nccn2)NCC(NC(=O)c2cnn(-c3ccnc4c(F)cccc34)c2C(F)(F)F)=C1. The number of nitrogens with one attached hydrogen (secondary N) is 2. The molecule has 0 atom stereocenters. The van der Waals surface area contributed by atoms with E-state index in [0.717, 1.165) is 18.5 Å². The highest BCUT2D eigenvalue weighted by Crippen LogP contribution is 2.35. The molecule has 1 aliphatic rings. The summed E-state index contributed by atoms with van der Waals surface area (Å²) >= 11 is 0. The van der Waals surface area contributed by atoms with E-state index < -0.39 is 29.2 Å². The first-order valence-electron chi connectivity index (χ1n) is 10.2. The normalized spacial score (nSPS) is 13.8. The van der Waals surface area contributed by atoms with E-state index in [1.807, 2.05) is 6.07 Å². The predicted molar refractivity (Wildman–Crippen MR) is 116 cm³/mol. The molecule has 14 heteroatoms. The number of allylic oxidation sites excluding steroid dienone is 2. The smallest absolute Gasteiger partial charge is 0.362 e. The summed E-state index contributed by atoms with van der Waals surface area (Å²) in [5.74, 6) is -1.55. The van der Waals surface area contributed by atoms with Gasteiger partial charge in [-0.2, -0.15) is 33.7 Å². The summed E-state index contributed by atoms with van der Waals surface area (Å²) in [6, 6.07) is 7.04. The summed E-state index contributed by atoms with van der Waals surface area (Å²) in [5, 5.41) is 26.4. The summed E-state index contributed by atoms with van der Waals surface area (Å²) in [6.07, 6.45) is 1.07. The van der Waals surface area contributed by atoms with Gasteiger partial charge in [0, 0.05) is 17.3 Å². The first-order valence-corrected chi connectivity index (χ1v) is 10.2. The first-order chi connectivity index (χ1) is 17.3. The van der Waals surface area contributed by atoms with Gasteiger partial charge in [0.25, 0.3) is 5.91 Å². The highest BCUT2D eigenvalue weighted by Gasteiger charge is 2.41. The van der Waals surface area contributed by atoms with Gasteiger partial charge in [0.05, 0.1) is 42.0 Å². The van der Waals surface area contributed by atoms with E-state index in [2.05, 4.69) is 30.9 Å². The molecule has 4 heterocycles. The van der Waals surface area contributed by atoms with Crippen LogP contribution < -0.4 is 10.6 Å². The average molecular weight is 495 g/mol. The summed E-state index contributed by atoms with van der Waals surface area (Å²) in [5.41, 5.74) is -2.14. The zero-order chi connectivity index (χ0) is 25.4. The number of carbonyl (C=O) groups excluding carboxylic acids is 1.